The van der Waals surface area contributed by atoms with Crippen molar-refractivity contribution in [2.24, 2.45) is 0 Å². The lowest BCUT2D eigenvalue weighted by molar-refractivity contribution is 0.517. The van der Waals surface area contributed by atoms with Crippen LogP contribution in [0.1, 0.15) is 24.0 Å². The van der Waals surface area contributed by atoms with Gasteiger partial charge in [-0.05, 0) is 56.5 Å². The van der Waals surface area contributed by atoms with Crippen molar-refractivity contribution in [2.75, 3.05) is 6.54 Å². The van der Waals surface area contributed by atoms with E-state index in [0.29, 0.717) is 6.04 Å². The topological polar surface area (TPSA) is 29.9 Å². The molecule has 1 saturated heterocycles. The van der Waals surface area contributed by atoms with Gasteiger partial charge in [0.2, 0.25) is 0 Å². The van der Waals surface area contributed by atoms with E-state index in [1.807, 2.05) is 6.33 Å². The van der Waals surface area contributed by atoms with Crippen LogP contribution in [0.4, 0.5) is 0 Å². The van der Waals surface area contributed by atoms with E-state index in [0.717, 1.165) is 18.6 Å². The molecule has 1 fully saturated rings. The molecule has 1 atom stereocenters. The summed E-state index contributed by atoms with van der Waals surface area (Å²) in [4.78, 5) is 4.50. The molecule has 3 heteroatoms. The molecule has 3 rings (SSSR count). The van der Waals surface area contributed by atoms with Gasteiger partial charge >= 0.3 is 0 Å². The zero-order valence-corrected chi connectivity index (χ0v) is 10.5. The van der Waals surface area contributed by atoms with E-state index < -0.39 is 0 Å². The molecule has 0 radical (unpaired) electrons. The van der Waals surface area contributed by atoms with Crippen LogP contribution >= 0.6 is 0 Å². The first-order chi connectivity index (χ1) is 8.24. The van der Waals surface area contributed by atoms with Crippen molar-refractivity contribution >= 4 is 11.0 Å². The minimum absolute atomic E-state index is 0.619. The third-order valence-electron chi connectivity index (χ3n) is 3.82. The lowest BCUT2D eigenvalue weighted by atomic mass is 10.1. The van der Waals surface area contributed by atoms with Crippen molar-refractivity contribution in [3.63, 3.8) is 0 Å². The van der Waals surface area contributed by atoms with E-state index in [4.69, 9.17) is 0 Å². The molecule has 1 aliphatic heterocycles. The van der Waals surface area contributed by atoms with Gasteiger partial charge < -0.3 is 9.88 Å². The summed E-state index contributed by atoms with van der Waals surface area (Å²) in [5.74, 6) is 0. The normalized spacial score (nSPS) is 20.2. The summed E-state index contributed by atoms with van der Waals surface area (Å²) >= 11 is 0. The van der Waals surface area contributed by atoms with Crippen LogP contribution in [0.5, 0.6) is 0 Å². The SMILES string of the molecule is Cc1cc2ncn(CC3CCCN3)c2cc1C. The third-order valence-corrected chi connectivity index (χ3v) is 3.82. The summed E-state index contributed by atoms with van der Waals surface area (Å²) in [7, 11) is 0. The lowest BCUT2D eigenvalue weighted by Gasteiger charge is -2.12. The Balaban J connectivity index is 1.96. The maximum absolute atomic E-state index is 4.50. The van der Waals surface area contributed by atoms with Crippen molar-refractivity contribution in [3.8, 4) is 0 Å². The molecule has 0 amide bonds. The molecular weight excluding hydrogens is 210 g/mol. The number of nitrogens with zero attached hydrogens (tertiary/aromatic N) is 2. The Morgan fingerprint density at radius 1 is 1.35 bits per heavy atom. The predicted molar refractivity (Wildman–Crippen MR) is 70.2 cm³/mol. The van der Waals surface area contributed by atoms with Gasteiger partial charge in [0.05, 0.1) is 17.4 Å². The summed E-state index contributed by atoms with van der Waals surface area (Å²) in [5, 5.41) is 3.54. The number of benzene rings is 1. The average molecular weight is 229 g/mol. The summed E-state index contributed by atoms with van der Waals surface area (Å²) in [5.41, 5.74) is 5.05. The maximum atomic E-state index is 4.50. The molecule has 17 heavy (non-hydrogen) atoms. The first-order valence-electron chi connectivity index (χ1n) is 6.39. The lowest BCUT2D eigenvalue weighted by Crippen LogP contribution is -2.26. The summed E-state index contributed by atoms with van der Waals surface area (Å²) in [6, 6.07) is 5.06. The van der Waals surface area contributed by atoms with Gasteiger partial charge in [0.25, 0.3) is 0 Å². The second-order valence-corrected chi connectivity index (χ2v) is 5.12. The Labute approximate surface area is 102 Å². The Hall–Kier alpha value is -1.35. The smallest absolute Gasteiger partial charge is 0.0958 e. The number of imidazole rings is 1. The molecule has 0 bridgehead atoms. The molecule has 0 aliphatic carbocycles. The highest BCUT2D eigenvalue weighted by atomic mass is 15.1. The van der Waals surface area contributed by atoms with Crippen LogP contribution in [0.2, 0.25) is 0 Å². The van der Waals surface area contributed by atoms with Crippen LogP contribution in [-0.2, 0) is 6.54 Å². The van der Waals surface area contributed by atoms with Crippen molar-refractivity contribution in [2.45, 2.75) is 39.3 Å². The molecule has 0 spiro atoms. The fourth-order valence-corrected chi connectivity index (χ4v) is 2.61. The van der Waals surface area contributed by atoms with Crippen molar-refractivity contribution < 1.29 is 0 Å². The zero-order chi connectivity index (χ0) is 11.8. The van der Waals surface area contributed by atoms with Crippen LogP contribution in [-0.4, -0.2) is 22.1 Å². The van der Waals surface area contributed by atoms with E-state index in [-0.39, 0.29) is 0 Å². The largest absolute Gasteiger partial charge is 0.329 e. The molecule has 2 heterocycles. The number of hydrogen-bond acceptors (Lipinski definition) is 2. The van der Waals surface area contributed by atoms with E-state index >= 15 is 0 Å². The standard InChI is InChI=1S/C14H19N3/c1-10-6-13-14(7-11(10)2)17(9-16-13)8-12-4-3-5-15-12/h6-7,9,12,15H,3-5,8H2,1-2H3. The van der Waals surface area contributed by atoms with Crippen LogP contribution in [0.15, 0.2) is 18.5 Å². The summed E-state index contributed by atoms with van der Waals surface area (Å²) in [6.45, 7) is 6.51. The highest BCUT2D eigenvalue weighted by molar-refractivity contribution is 5.77. The van der Waals surface area contributed by atoms with Crippen LogP contribution < -0.4 is 5.32 Å². The van der Waals surface area contributed by atoms with E-state index in [2.05, 4.69) is 40.8 Å². The highest BCUT2D eigenvalue weighted by Crippen LogP contribution is 2.19. The Bertz CT molecular complexity index is 536. The van der Waals surface area contributed by atoms with Gasteiger partial charge in [0, 0.05) is 12.6 Å². The van der Waals surface area contributed by atoms with E-state index in [9.17, 15) is 0 Å². The number of aromatic nitrogens is 2. The average Bonchev–Trinajstić information content (AvgIpc) is 2.92. The number of nitrogens with one attached hydrogen (secondary N) is 1. The van der Waals surface area contributed by atoms with Crippen molar-refractivity contribution in [3.05, 3.63) is 29.6 Å². The van der Waals surface area contributed by atoms with Crippen molar-refractivity contribution in [1.29, 1.82) is 0 Å². The number of hydrogen-bond donors (Lipinski definition) is 1. The van der Waals surface area contributed by atoms with Crippen molar-refractivity contribution in [1.82, 2.24) is 14.9 Å². The molecule has 1 aromatic carbocycles. The summed E-state index contributed by atoms with van der Waals surface area (Å²) in [6.07, 6.45) is 4.56. The monoisotopic (exact) mass is 229 g/mol. The Kier molecular flexibility index (Phi) is 2.63. The Morgan fingerprint density at radius 3 is 2.94 bits per heavy atom. The fourth-order valence-electron chi connectivity index (χ4n) is 2.61. The summed E-state index contributed by atoms with van der Waals surface area (Å²) < 4.78 is 2.28. The molecule has 1 aliphatic rings. The maximum Gasteiger partial charge on any atom is 0.0958 e. The molecular formula is C14H19N3. The number of aryl methyl sites for hydroxylation is 2. The first kappa shape index (κ1) is 10.8. The first-order valence-corrected chi connectivity index (χ1v) is 6.39. The van der Waals surface area contributed by atoms with Crippen LogP contribution in [0.25, 0.3) is 11.0 Å². The van der Waals surface area contributed by atoms with Crippen LogP contribution in [0, 0.1) is 13.8 Å². The van der Waals surface area contributed by atoms with Crippen LogP contribution in [0.3, 0.4) is 0 Å². The second kappa shape index (κ2) is 4.15. The molecule has 3 nitrogen and oxygen atoms in total. The molecule has 1 aromatic heterocycles. The van der Waals surface area contributed by atoms with E-state index in [1.54, 1.807) is 0 Å². The minimum Gasteiger partial charge on any atom is -0.329 e. The van der Waals surface area contributed by atoms with Gasteiger partial charge in [-0.1, -0.05) is 0 Å². The molecule has 90 valence electrons. The molecule has 0 saturated carbocycles. The predicted octanol–water partition coefficient (Wildman–Crippen LogP) is 2.41. The quantitative estimate of drug-likeness (QED) is 0.857. The fraction of sp³-hybridized carbons (Fsp3) is 0.500. The van der Waals surface area contributed by atoms with Gasteiger partial charge in [-0.3, -0.25) is 0 Å². The highest BCUT2D eigenvalue weighted by Gasteiger charge is 2.15. The van der Waals surface area contributed by atoms with E-state index in [1.165, 1.54) is 29.5 Å². The van der Waals surface area contributed by atoms with Gasteiger partial charge in [0.15, 0.2) is 0 Å². The number of rotatable bonds is 2. The number of fused-ring (bicyclic) bond motifs is 1. The van der Waals surface area contributed by atoms with Gasteiger partial charge in [-0.25, -0.2) is 4.98 Å². The third kappa shape index (κ3) is 1.95. The Morgan fingerprint density at radius 2 is 2.18 bits per heavy atom. The van der Waals surface area contributed by atoms with Gasteiger partial charge in [-0.15, -0.1) is 0 Å². The van der Waals surface area contributed by atoms with Gasteiger partial charge in [-0.2, -0.15) is 0 Å². The minimum atomic E-state index is 0.619. The second-order valence-electron chi connectivity index (χ2n) is 5.12. The van der Waals surface area contributed by atoms with Gasteiger partial charge in [0.1, 0.15) is 0 Å². The molecule has 2 aromatic rings. The zero-order valence-electron chi connectivity index (χ0n) is 10.5. The molecule has 1 N–H and O–H groups in total. The molecule has 1 unspecified atom stereocenters.